The summed E-state index contributed by atoms with van der Waals surface area (Å²) in [7, 11) is 0. The van der Waals surface area contributed by atoms with E-state index in [1.807, 2.05) is 0 Å². The summed E-state index contributed by atoms with van der Waals surface area (Å²) in [5, 5.41) is 3.58. The summed E-state index contributed by atoms with van der Waals surface area (Å²) < 4.78 is 6.72. The predicted octanol–water partition coefficient (Wildman–Crippen LogP) is 3.89. The highest BCUT2D eigenvalue weighted by atomic mass is 79.9. The third-order valence-corrected chi connectivity index (χ3v) is 5.68. The highest BCUT2D eigenvalue weighted by Crippen LogP contribution is 2.60. The molecule has 0 aromatic heterocycles. The first-order chi connectivity index (χ1) is 9.68. The van der Waals surface area contributed by atoms with Crippen molar-refractivity contribution in [2.75, 3.05) is 26.3 Å². The van der Waals surface area contributed by atoms with Crippen molar-refractivity contribution in [3.63, 3.8) is 0 Å². The summed E-state index contributed by atoms with van der Waals surface area (Å²) in [6.45, 7) is 6.26. The summed E-state index contributed by atoms with van der Waals surface area (Å²) in [6, 6.07) is 8.96. The first-order valence-electron chi connectivity index (χ1n) is 7.73. The van der Waals surface area contributed by atoms with Gasteiger partial charge in [-0.1, -0.05) is 35.0 Å². The van der Waals surface area contributed by atoms with E-state index in [0.29, 0.717) is 10.8 Å². The molecule has 1 aromatic rings. The van der Waals surface area contributed by atoms with Crippen molar-refractivity contribution in [3.8, 4) is 0 Å². The molecule has 0 atom stereocenters. The molecule has 0 amide bonds. The maximum Gasteiger partial charge on any atom is 0.0471 e. The SMILES string of the molecule is CCNCC1(c2ccc(Br)cc2)CC2(CCOCC2)C1. The van der Waals surface area contributed by atoms with Crippen LogP contribution in [0.4, 0.5) is 0 Å². The average molecular weight is 338 g/mol. The molecule has 1 aromatic carbocycles. The van der Waals surface area contributed by atoms with Crippen LogP contribution in [-0.4, -0.2) is 26.3 Å². The van der Waals surface area contributed by atoms with Crippen molar-refractivity contribution < 1.29 is 4.74 Å². The van der Waals surface area contributed by atoms with E-state index in [2.05, 4.69) is 52.4 Å². The molecule has 1 spiro atoms. The molecule has 0 bridgehead atoms. The third kappa shape index (κ3) is 2.68. The molecule has 1 saturated carbocycles. The Morgan fingerprint density at radius 3 is 2.40 bits per heavy atom. The van der Waals surface area contributed by atoms with Crippen LogP contribution in [-0.2, 0) is 10.2 Å². The average Bonchev–Trinajstić information content (AvgIpc) is 2.44. The Morgan fingerprint density at radius 1 is 1.15 bits per heavy atom. The number of likely N-dealkylation sites (N-methyl/N-ethyl adjacent to an activating group) is 1. The molecule has 1 saturated heterocycles. The zero-order valence-corrected chi connectivity index (χ0v) is 13.8. The minimum Gasteiger partial charge on any atom is -0.381 e. The molecule has 0 radical (unpaired) electrons. The second kappa shape index (κ2) is 5.78. The molecule has 110 valence electrons. The van der Waals surface area contributed by atoms with Crippen LogP contribution in [0.2, 0.25) is 0 Å². The number of benzene rings is 1. The second-order valence-corrected chi connectivity index (χ2v) is 7.45. The van der Waals surface area contributed by atoms with E-state index in [1.54, 1.807) is 0 Å². The molecule has 0 unspecified atom stereocenters. The van der Waals surface area contributed by atoms with Gasteiger partial charge in [-0.15, -0.1) is 0 Å². The molecular weight excluding hydrogens is 314 g/mol. The second-order valence-electron chi connectivity index (χ2n) is 6.53. The van der Waals surface area contributed by atoms with Crippen LogP contribution in [0.1, 0.15) is 38.2 Å². The number of rotatable bonds is 4. The molecule has 3 rings (SSSR count). The highest BCUT2D eigenvalue weighted by Gasteiger charge is 2.54. The van der Waals surface area contributed by atoms with Gasteiger partial charge in [0.15, 0.2) is 0 Å². The number of nitrogens with one attached hydrogen (secondary N) is 1. The molecular formula is C17H24BrNO. The summed E-state index contributed by atoms with van der Waals surface area (Å²) in [4.78, 5) is 0. The Balaban J connectivity index is 1.78. The van der Waals surface area contributed by atoms with Gasteiger partial charge in [-0.05, 0) is 55.3 Å². The predicted molar refractivity (Wildman–Crippen MR) is 86.1 cm³/mol. The van der Waals surface area contributed by atoms with Crippen LogP contribution in [0.25, 0.3) is 0 Å². The quantitative estimate of drug-likeness (QED) is 0.899. The standard InChI is InChI=1S/C17H24BrNO/c1-2-19-13-17(14-3-5-15(18)6-4-14)11-16(12-17)7-9-20-10-8-16/h3-6,19H,2,7-13H2,1H3. The van der Waals surface area contributed by atoms with Gasteiger partial charge in [0.2, 0.25) is 0 Å². The Bertz CT molecular complexity index is 443. The maximum atomic E-state index is 5.55. The number of hydrogen-bond donors (Lipinski definition) is 1. The molecule has 1 heterocycles. The topological polar surface area (TPSA) is 21.3 Å². The van der Waals surface area contributed by atoms with Crippen LogP contribution < -0.4 is 5.32 Å². The van der Waals surface area contributed by atoms with Crippen molar-refractivity contribution in [1.82, 2.24) is 5.32 Å². The van der Waals surface area contributed by atoms with Crippen LogP contribution in [0, 0.1) is 5.41 Å². The summed E-state index contributed by atoms with van der Waals surface area (Å²) >= 11 is 3.54. The Hall–Kier alpha value is -0.380. The lowest BCUT2D eigenvalue weighted by Gasteiger charge is -2.58. The molecule has 2 aliphatic rings. The van der Waals surface area contributed by atoms with E-state index in [1.165, 1.54) is 35.7 Å². The molecule has 1 N–H and O–H groups in total. The number of ether oxygens (including phenoxy) is 1. The van der Waals surface area contributed by atoms with E-state index in [-0.39, 0.29) is 0 Å². The first-order valence-corrected chi connectivity index (χ1v) is 8.52. The van der Waals surface area contributed by atoms with E-state index < -0.39 is 0 Å². The van der Waals surface area contributed by atoms with E-state index in [4.69, 9.17) is 4.74 Å². The van der Waals surface area contributed by atoms with Crippen LogP contribution in [0.15, 0.2) is 28.7 Å². The summed E-state index contributed by atoms with van der Waals surface area (Å²) in [6.07, 6.45) is 5.13. The minimum atomic E-state index is 0.341. The highest BCUT2D eigenvalue weighted by molar-refractivity contribution is 9.10. The van der Waals surface area contributed by atoms with Gasteiger partial charge in [0.05, 0.1) is 0 Å². The Morgan fingerprint density at radius 2 is 1.80 bits per heavy atom. The minimum absolute atomic E-state index is 0.341. The number of halogens is 1. The lowest BCUT2D eigenvalue weighted by atomic mass is 9.48. The van der Waals surface area contributed by atoms with Crippen LogP contribution >= 0.6 is 15.9 Å². The lowest BCUT2D eigenvalue weighted by Crippen LogP contribution is -2.56. The monoisotopic (exact) mass is 337 g/mol. The zero-order chi connectivity index (χ0) is 14.1. The van der Waals surface area contributed by atoms with Crippen molar-refractivity contribution in [2.45, 2.75) is 38.0 Å². The molecule has 1 aliphatic heterocycles. The van der Waals surface area contributed by atoms with E-state index >= 15 is 0 Å². The van der Waals surface area contributed by atoms with Gasteiger partial charge >= 0.3 is 0 Å². The van der Waals surface area contributed by atoms with Gasteiger partial charge in [0, 0.05) is 29.6 Å². The Labute approximate surface area is 130 Å². The van der Waals surface area contributed by atoms with E-state index in [0.717, 1.165) is 26.3 Å². The molecule has 2 fully saturated rings. The molecule has 2 nitrogen and oxygen atoms in total. The van der Waals surface area contributed by atoms with Gasteiger partial charge in [0.25, 0.3) is 0 Å². The fourth-order valence-electron chi connectivity index (χ4n) is 4.14. The van der Waals surface area contributed by atoms with Crippen molar-refractivity contribution >= 4 is 15.9 Å². The van der Waals surface area contributed by atoms with E-state index in [9.17, 15) is 0 Å². The lowest BCUT2D eigenvalue weighted by molar-refractivity contribution is -0.0735. The number of hydrogen-bond acceptors (Lipinski definition) is 2. The van der Waals surface area contributed by atoms with Crippen molar-refractivity contribution in [2.24, 2.45) is 5.41 Å². The fraction of sp³-hybridized carbons (Fsp3) is 0.647. The Kier molecular flexibility index (Phi) is 4.21. The molecule has 20 heavy (non-hydrogen) atoms. The van der Waals surface area contributed by atoms with Crippen molar-refractivity contribution in [1.29, 1.82) is 0 Å². The van der Waals surface area contributed by atoms with Gasteiger partial charge in [0.1, 0.15) is 0 Å². The normalized spacial score (nSPS) is 23.5. The van der Waals surface area contributed by atoms with Crippen LogP contribution in [0.3, 0.4) is 0 Å². The van der Waals surface area contributed by atoms with Gasteiger partial charge in [-0.2, -0.15) is 0 Å². The van der Waals surface area contributed by atoms with Gasteiger partial charge in [-0.25, -0.2) is 0 Å². The third-order valence-electron chi connectivity index (χ3n) is 5.15. The van der Waals surface area contributed by atoms with Crippen molar-refractivity contribution in [3.05, 3.63) is 34.3 Å². The first kappa shape index (κ1) is 14.6. The largest absolute Gasteiger partial charge is 0.381 e. The smallest absolute Gasteiger partial charge is 0.0471 e. The maximum absolute atomic E-state index is 5.55. The van der Waals surface area contributed by atoms with Gasteiger partial charge in [-0.3, -0.25) is 0 Å². The molecule has 3 heteroatoms. The fourth-order valence-corrected chi connectivity index (χ4v) is 4.41. The van der Waals surface area contributed by atoms with Crippen LogP contribution in [0.5, 0.6) is 0 Å². The van der Waals surface area contributed by atoms with Gasteiger partial charge < -0.3 is 10.1 Å². The summed E-state index contributed by atoms with van der Waals surface area (Å²) in [5.74, 6) is 0. The molecule has 1 aliphatic carbocycles. The zero-order valence-electron chi connectivity index (χ0n) is 12.3. The summed E-state index contributed by atoms with van der Waals surface area (Å²) in [5.41, 5.74) is 2.40.